The normalized spacial score (nSPS) is 11.1. The summed E-state index contributed by atoms with van der Waals surface area (Å²) in [4.78, 5) is 10.5. The lowest BCUT2D eigenvalue weighted by atomic mass is 10.2. The Balaban J connectivity index is 2.71. The minimum Gasteiger partial charge on any atom is -0.385 e. The number of anilines is 2. The number of nitrogens with zero attached hydrogens (tertiary/aromatic N) is 1. The molecule has 0 heterocycles. The van der Waals surface area contributed by atoms with E-state index < -0.39 is 14.8 Å². The maximum absolute atomic E-state index is 11.0. The van der Waals surface area contributed by atoms with E-state index in [2.05, 4.69) is 10.6 Å². The van der Waals surface area contributed by atoms with Gasteiger partial charge >= 0.3 is 0 Å². The quantitative estimate of drug-likeness (QED) is 0.412. The lowest BCUT2D eigenvalue weighted by molar-refractivity contribution is -0.384. The highest BCUT2D eigenvalue weighted by Crippen LogP contribution is 2.24. The van der Waals surface area contributed by atoms with Gasteiger partial charge in [0.05, 0.1) is 10.7 Å². The maximum atomic E-state index is 11.0. The predicted octanol–water partition coefficient (Wildman–Crippen LogP) is 2.26. The molecule has 0 radical (unpaired) electrons. The molecule has 0 saturated carbocycles. The van der Waals surface area contributed by atoms with Crippen molar-refractivity contribution in [2.24, 2.45) is 0 Å². The first-order valence-electron chi connectivity index (χ1n) is 6.77. The monoisotopic (exact) mass is 315 g/mol. The molecule has 1 aromatic rings. The van der Waals surface area contributed by atoms with Crippen LogP contribution in [0.25, 0.3) is 0 Å². The Morgan fingerprint density at radius 3 is 2.19 bits per heavy atom. The zero-order chi connectivity index (χ0) is 15.9. The number of rotatable bonds is 9. The zero-order valence-electron chi connectivity index (χ0n) is 12.3. The minimum atomic E-state index is -2.98. The van der Waals surface area contributed by atoms with Gasteiger partial charge in [-0.3, -0.25) is 10.1 Å². The van der Waals surface area contributed by atoms with Crippen LogP contribution in [0.15, 0.2) is 18.2 Å². The summed E-state index contributed by atoms with van der Waals surface area (Å²) in [6, 6.07) is 4.71. The van der Waals surface area contributed by atoms with Crippen LogP contribution in [0.2, 0.25) is 0 Å². The van der Waals surface area contributed by atoms with Crippen molar-refractivity contribution in [3.05, 3.63) is 28.3 Å². The van der Waals surface area contributed by atoms with E-state index >= 15 is 0 Å². The second-order valence-electron chi connectivity index (χ2n) is 4.86. The molecule has 21 heavy (non-hydrogen) atoms. The third kappa shape index (κ3) is 6.94. The number of benzene rings is 1. The van der Waals surface area contributed by atoms with Gasteiger partial charge in [0.25, 0.3) is 5.69 Å². The Morgan fingerprint density at radius 1 is 1.14 bits per heavy atom. The first-order valence-corrected chi connectivity index (χ1v) is 8.83. The summed E-state index contributed by atoms with van der Waals surface area (Å²) in [6.07, 6.45) is 2.56. The van der Waals surface area contributed by atoms with Crippen molar-refractivity contribution in [2.45, 2.75) is 19.8 Å². The lowest BCUT2D eigenvalue weighted by Gasteiger charge is -2.10. The van der Waals surface area contributed by atoms with Gasteiger partial charge in [-0.1, -0.05) is 6.92 Å². The standard InChI is InChI=1S/C13H21N3O4S/c1-3-5-14-11-8-12(10-13(9-11)16(17)18)15-6-4-7-21(2,19)20/h8-10,14-15H,3-7H2,1-2H3. The maximum Gasteiger partial charge on any atom is 0.273 e. The summed E-state index contributed by atoms with van der Waals surface area (Å²) < 4.78 is 22.1. The van der Waals surface area contributed by atoms with E-state index in [0.717, 1.165) is 13.0 Å². The fraction of sp³-hybridized carbons (Fsp3) is 0.538. The third-order valence-corrected chi connectivity index (χ3v) is 3.76. The van der Waals surface area contributed by atoms with E-state index in [9.17, 15) is 18.5 Å². The summed E-state index contributed by atoms with van der Waals surface area (Å²) in [5, 5.41) is 17.0. The molecule has 7 nitrogen and oxygen atoms in total. The van der Waals surface area contributed by atoms with E-state index in [1.807, 2.05) is 6.92 Å². The minimum absolute atomic E-state index is 0.00159. The zero-order valence-corrected chi connectivity index (χ0v) is 13.1. The number of hydrogen-bond donors (Lipinski definition) is 2. The van der Waals surface area contributed by atoms with Crippen molar-refractivity contribution in [2.75, 3.05) is 35.7 Å². The van der Waals surface area contributed by atoms with E-state index in [4.69, 9.17) is 0 Å². The Bertz CT molecular complexity index is 587. The Labute approximate surface area is 124 Å². The molecule has 0 amide bonds. The van der Waals surface area contributed by atoms with Crippen molar-refractivity contribution in [1.29, 1.82) is 0 Å². The van der Waals surface area contributed by atoms with Crippen LogP contribution in [0.3, 0.4) is 0 Å². The number of sulfone groups is 1. The van der Waals surface area contributed by atoms with Gasteiger partial charge in [-0.25, -0.2) is 8.42 Å². The Kier molecular flexibility index (Phi) is 6.41. The van der Waals surface area contributed by atoms with Crippen molar-refractivity contribution in [3.63, 3.8) is 0 Å². The van der Waals surface area contributed by atoms with E-state index in [-0.39, 0.29) is 11.4 Å². The van der Waals surface area contributed by atoms with Gasteiger partial charge in [-0.2, -0.15) is 0 Å². The highest BCUT2D eigenvalue weighted by atomic mass is 32.2. The SMILES string of the molecule is CCCNc1cc(NCCCS(C)(=O)=O)cc([N+](=O)[O-])c1. The van der Waals surface area contributed by atoms with Crippen LogP contribution in [0, 0.1) is 10.1 Å². The first kappa shape index (κ1) is 17.2. The van der Waals surface area contributed by atoms with Gasteiger partial charge in [-0.15, -0.1) is 0 Å². The van der Waals surface area contributed by atoms with Gasteiger partial charge in [0.1, 0.15) is 9.84 Å². The summed E-state index contributed by atoms with van der Waals surface area (Å²) in [7, 11) is -2.98. The second-order valence-corrected chi connectivity index (χ2v) is 7.12. The van der Waals surface area contributed by atoms with Crippen molar-refractivity contribution in [3.8, 4) is 0 Å². The molecule has 0 fully saturated rings. The highest BCUT2D eigenvalue weighted by Gasteiger charge is 2.10. The number of hydrogen-bond acceptors (Lipinski definition) is 6. The van der Waals surface area contributed by atoms with Crippen LogP contribution in [0.4, 0.5) is 17.1 Å². The van der Waals surface area contributed by atoms with Crippen LogP contribution >= 0.6 is 0 Å². The number of nitro benzene ring substituents is 1. The second kappa shape index (κ2) is 7.82. The molecule has 2 N–H and O–H groups in total. The van der Waals surface area contributed by atoms with E-state index in [0.29, 0.717) is 24.3 Å². The number of non-ortho nitro benzene ring substituents is 1. The van der Waals surface area contributed by atoms with Crippen molar-refractivity contribution < 1.29 is 13.3 Å². The van der Waals surface area contributed by atoms with Crippen molar-refractivity contribution in [1.82, 2.24) is 0 Å². The largest absolute Gasteiger partial charge is 0.385 e. The molecule has 0 aromatic heterocycles. The summed E-state index contributed by atoms with van der Waals surface area (Å²) >= 11 is 0. The molecule has 8 heteroatoms. The van der Waals surface area contributed by atoms with Crippen LogP contribution in [0.1, 0.15) is 19.8 Å². The highest BCUT2D eigenvalue weighted by molar-refractivity contribution is 7.90. The van der Waals surface area contributed by atoms with Gasteiger partial charge in [-0.05, 0) is 18.9 Å². The molecule has 0 saturated heterocycles. The predicted molar refractivity (Wildman–Crippen MR) is 84.7 cm³/mol. The smallest absolute Gasteiger partial charge is 0.273 e. The molecule has 0 aliphatic heterocycles. The first-order chi connectivity index (χ1) is 9.81. The fourth-order valence-corrected chi connectivity index (χ4v) is 2.43. The average molecular weight is 315 g/mol. The lowest BCUT2D eigenvalue weighted by Crippen LogP contribution is -2.10. The average Bonchev–Trinajstić information content (AvgIpc) is 2.40. The molecule has 0 spiro atoms. The fourth-order valence-electron chi connectivity index (χ4n) is 1.76. The van der Waals surface area contributed by atoms with Gasteiger partial charge in [0.15, 0.2) is 0 Å². The molecule has 1 rings (SSSR count). The Hall–Kier alpha value is -1.83. The van der Waals surface area contributed by atoms with Crippen LogP contribution in [0.5, 0.6) is 0 Å². The van der Waals surface area contributed by atoms with Gasteiger partial charge < -0.3 is 10.6 Å². The molecular formula is C13H21N3O4S. The number of nitro groups is 1. The van der Waals surface area contributed by atoms with Gasteiger partial charge in [0.2, 0.25) is 0 Å². The summed E-state index contributed by atoms with van der Waals surface area (Å²) in [5.41, 5.74) is 1.29. The molecule has 1 aromatic carbocycles. The molecule has 0 unspecified atom stereocenters. The molecule has 0 bridgehead atoms. The topological polar surface area (TPSA) is 101 Å². The molecule has 0 aliphatic carbocycles. The van der Waals surface area contributed by atoms with Crippen LogP contribution < -0.4 is 10.6 Å². The van der Waals surface area contributed by atoms with E-state index in [1.165, 1.54) is 18.4 Å². The van der Waals surface area contributed by atoms with Gasteiger partial charge in [0, 0.05) is 42.9 Å². The molecule has 0 aliphatic rings. The molecule has 118 valence electrons. The molecular weight excluding hydrogens is 294 g/mol. The molecule has 0 atom stereocenters. The van der Waals surface area contributed by atoms with Crippen LogP contribution in [-0.4, -0.2) is 38.4 Å². The van der Waals surface area contributed by atoms with Crippen LogP contribution in [-0.2, 0) is 9.84 Å². The third-order valence-electron chi connectivity index (χ3n) is 2.73. The van der Waals surface area contributed by atoms with Crippen molar-refractivity contribution >= 4 is 26.9 Å². The summed E-state index contributed by atoms with van der Waals surface area (Å²) in [5.74, 6) is 0.0931. The van der Waals surface area contributed by atoms with E-state index in [1.54, 1.807) is 6.07 Å². The summed E-state index contributed by atoms with van der Waals surface area (Å²) in [6.45, 7) is 3.19. The number of nitrogens with one attached hydrogen (secondary N) is 2. The Morgan fingerprint density at radius 2 is 1.71 bits per heavy atom.